The summed E-state index contributed by atoms with van der Waals surface area (Å²) in [7, 11) is 0. The number of carbonyl (C=O) groups is 1. The predicted octanol–water partition coefficient (Wildman–Crippen LogP) is 5.90. The summed E-state index contributed by atoms with van der Waals surface area (Å²) in [4.78, 5) is 22.9. The molecule has 4 rings (SSSR count). The second-order valence-corrected chi connectivity index (χ2v) is 6.27. The van der Waals surface area contributed by atoms with E-state index in [1.807, 2.05) is 36.4 Å². The van der Waals surface area contributed by atoms with Crippen LogP contribution in [0.3, 0.4) is 0 Å². The largest absolute Gasteiger partial charge is 0.457 e. The van der Waals surface area contributed by atoms with Crippen LogP contribution in [-0.4, -0.2) is 10.7 Å². The van der Waals surface area contributed by atoms with E-state index in [0.717, 1.165) is 10.8 Å². The lowest BCUT2D eigenvalue weighted by atomic mass is 10.0. The molecular formula is C23H15NO4. The highest BCUT2D eigenvalue weighted by molar-refractivity contribution is 6.08. The van der Waals surface area contributed by atoms with E-state index in [1.54, 1.807) is 36.4 Å². The quantitative estimate of drug-likeness (QED) is 0.190. The number of ketones is 1. The van der Waals surface area contributed by atoms with E-state index in [9.17, 15) is 14.9 Å². The first-order valence-corrected chi connectivity index (χ1v) is 8.66. The summed E-state index contributed by atoms with van der Waals surface area (Å²) in [6.45, 7) is 0. The zero-order valence-corrected chi connectivity index (χ0v) is 14.7. The van der Waals surface area contributed by atoms with Crippen molar-refractivity contribution in [1.82, 2.24) is 0 Å². The van der Waals surface area contributed by atoms with Crippen molar-refractivity contribution >= 4 is 28.3 Å². The molecule has 0 atom stereocenters. The summed E-state index contributed by atoms with van der Waals surface area (Å²) in [6.07, 6.45) is 3.05. The fourth-order valence-electron chi connectivity index (χ4n) is 2.97. The molecule has 0 N–H and O–H groups in total. The average Bonchev–Trinajstić information content (AvgIpc) is 3.21. The van der Waals surface area contributed by atoms with Crippen molar-refractivity contribution in [2.24, 2.45) is 0 Å². The van der Waals surface area contributed by atoms with Crippen molar-refractivity contribution in [1.29, 1.82) is 0 Å². The van der Waals surface area contributed by atoms with Gasteiger partial charge >= 0.3 is 0 Å². The van der Waals surface area contributed by atoms with Gasteiger partial charge in [-0.2, -0.15) is 0 Å². The molecule has 0 fully saturated rings. The van der Waals surface area contributed by atoms with Crippen LogP contribution in [0.2, 0.25) is 0 Å². The second-order valence-electron chi connectivity index (χ2n) is 6.27. The van der Waals surface area contributed by atoms with Crippen molar-refractivity contribution < 1.29 is 14.1 Å². The lowest BCUT2D eigenvalue weighted by Crippen LogP contribution is -1.93. The normalized spacial score (nSPS) is 11.1. The monoisotopic (exact) mass is 369 g/mol. The molecule has 0 radical (unpaired) electrons. The first-order chi connectivity index (χ1) is 13.6. The van der Waals surface area contributed by atoms with E-state index >= 15 is 0 Å². The number of hydrogen-bond acceptors (Lipinski definition) is 4. The molecule has 1 heterocycles. The molecule has 0 aliphatic carbocycles. The minimum Gasteiger partial charge on any atom is -0.457 e. The van der Waals surface area contributed by atoms with Crippen LogP contribution in [0.15, 0.2) is 89.4 Å². The molecule has 0 aliphatic rings. The van der Waals surface area contributed by atoms with Crippen LogP contribution in [-0.2, 0) is 0 Å². The van der Waals surface area contributed by atoms with Gasteiger partial charge in [-0.1, -0.05) is 48.5 Å². The number of non-ortho nitro benzene ring substituents is 1. The number of allylic oxidation sites excluding steroid dienone is 1. The number of nitro benzene ring substituents is 1. The Kier molecular flexibility index (Phi) is 4.56. The highest BCUT2D eigenvalue weighted by atomic mass is 16.6. The zero-order chi connectivity index (χ0) is 19.5. The van der Waals surface area contributed by atoms with Crippen molar-refractivity contribution in [3.8, 4) is 11.3 Å². The van der Waals surface area contributed by atoms with Crippen molar-refractivity contribution in [2.45, 2.75) is 0 Å². The molecule has 5 heteroatoms. The van der Waals surface area contributed by atoms with Crippen LogP contribution < -0.4 is 0 Å². The number of nitro groups is 1. The van der Waals surface area contributed by atoms with Gasteiger partial charge in [0.15, 0.2) is 5.78 Å². The Morgan fingerprint density at radius 1 is 0.893 bits per heavy atom. The van der Waals surface area contributed by atoms with Crippen LogP contribution in [0.25, 0.3) is 28.2 Å². The molecule has 0 unspecified atom stereocenters. The van der Waals surface area contributed by atoms with Gasteiger partial charge in [0, 0.05) is 23.3 Å². The van der Waals surface area contributed by atoms with Gasteiger partial charge in [0.25, 0.3) is 5.69 Å². The van der Waals surface area contributed by atoms with Gasteiger partial charge in [0.1, 0.15) is 11.5 Å². The van der Waals surface area contributed by atoms with E-state index in [0.29, 0.717) is 22.6 Å². The minimum absolute atomic E-state index is 0.00234. The molecule has 28 heavy (non-hydrogen) atoms. The molecule has 0 spiro atoms. The van der Waals surface area contributed by atoms with Crippen molar-refractivity contribution in [3.05, 3.63) is 106 Å². The highest BCUT2D eigenvalue weighted by Gasteiger charge is 2.10. The van der Waals surface area contributed by atoms with Crippen molar-refractivity contribution in [3.63, 3.8) is 0 Å². The number of furan rings is 1. The van der Waals surface area contributed by atoms with E-state index in [2.05, 4.69) is 0 Å². The minimum atomic E-state index is -0.449. The molecule has 0 aliphatic heterocycles. The number of fused-ring (bicyclic) bond motifs is 1. The first kappa shape index (κ1) is 17.4. The molecule has 1 aromatic heterocycles. The van der Waals surface area contributed by atoms with Crippen molar-refractivity contribution in [2.75, 3.05) is 0 Å². The molecule has 0 amide bonds. The Morgan fingerprint density at radius 2 is 1.71 bits per heavy atom. The summed E-state index contributed by atoms with van der Waals surface area (Å²) in [6, 6.07) is 23.1. The fraction of sp³-hybridized carbons (Fsp3) is 0. The van der Waals surface area contributed by atoms with Gasteiger partial charge in [-0.05, 0) is 41.1 Å². The number of benzene rings is 3. The van der Waals surface area contributed by atoms with Crippen LogP contribution >= 0.6 is 0 Å². The molecule has 4 aromatic rings. The number of carbonyl (C=O) groups excluding carboxylic acids is 1. The third-order valence-corrected chi connectivity index (χ3v) is 4.40. The fourth-order valence-corrected chi connectivity index (χ4v) is 2.97. The van der Waals surface area contributed by atoms with Crippen LogP contribution in [0.4, 0.5) is 5.69 Å². The average molecular weight is 369 g/mol. The predicted molar refractivity (Wildman–Crippen MR) is 108 cm³/mol. The van der Waals surface area contributed by atoms with Crippen LogP contribution in [0.1, 0.15) is 16.1 Å². The Hall–Kier alpha value is -3.99. The van der Waals surface area contributed by atoms with Gasteiger partial charge in [-0.15, -0.1) is 0 Å². The number of nitrogens with zero attached hydrogens (tertiary/aromatic N) is 1. The third-order valence-electron chi connectivity index (χ3n) is 4.40. The lowest BCUT2D eigenvalue weighted by molar-refractivity contribution is -0.384. The Bertz CT molecular complexity index is 1220. The van der Waals surface area contributed by atoms with Gasteiger partial charge in [-0.3, -0.25) is 14.9 Å². The summed E-state index contributed by atoms with van der Waals surface area (Å²) in [5, 5.41) is 13.0. The Balaban J connectivity index is 1.54. The van der Waals surface area contributed by atoms with Crippen LogP contribution in [0, 0.1) is 10.1 Å². The van der Waals surface area contributed by atoms with Gasteiger partial charge in [0.2, 0.25) is 0 Å². The van der Waals surface area contributed by atoms with E-state index in [4.69, 9.17) is 4.42 Å². The maximum absolute atomic E-state index is 12.5. The molecule has 3 aromatic carbocycles. The maximum atomic E-state index is 12.5. The summed E-state index contributed by atoms with van der Waals surface area (Å²) in [5.41, 5.74) is 1.20. The molecule has 136 valence electrons. The summed E-state index contributed by atoms with van der Waals surface area (Å²) >= 11 is 0. The first-order valence-electron chi connectivity index (χ1n) is 8.66. The van der Waals surface area contributed by atoms with Gasteiger partial charge in [-0.25, -0.2) is 0 Å². The van der Waals surface area contributed by atoms with E-state index in [-0.39, 0.29) is 11.5 Å². The number of hydrogen-bond donors (Lipinski definition) is 0. The lowest BCUT2D eigenvalue weighted by Gasteiger charge is -2.00. The molecule has 5 nitrogen and oxygen atoms in total. The topological polar surface area (TPSA) is 73.3 Å². The highest BCUT2D eigenvalue weighted by Crippen LogP contribution is 2.26. The van der Waals surface area contributed by atoms with E-state index < -0.39 is 4.92 Å². The summed E-state index contributed by atoms with van der Waals surface area (Å²) < 4.78 is 5.70. The zero-order valence-electron chi connectivity index (χ0n) is 14.7. The smallest absolute Gasteiger partial charge is 0.270 e. The van der Waals surface area contributed by atoms with Gasteiger partial charge < -0.3 is 4.42 Å². The molecule has 0 saturated heterocycles. The SMILES string of the molecule is O=C(C=Cc1ccc(-c2cccc([N+](=O)[O-])c2)o1)c1ccc2ccccc2c1. The Labute approximate surface area is 160 Å². The Morgan fingerprint density at radius 3 is 2.54 bits per heavy atom. The van der Waals surface area contributed by atoms with Gasteiger partial charge in [0.05, 0.1) is 4.92 Å². The number of rotatable bonds is 5. The second kappa shape index (κ2) is 7.32. The summed E-state index contributed by atoms with van der Waals surface area (Å²) in [5.74, 6) is 0.871. The third kappa shape index (κ3) is 3.59. The standard InChI is InChI=1S/C23H15NO4/c25-22(18-9-8-16-4-1-2-5-17(16)14-18)12-10-21-11-13-23(28-21)19-6-3-7-20(15-19)24(26)27/h1-15H. The molecule has 0 saturated carbocycles. The molecular weight excluding hydrogens is 354 g/mol. The maximum Gasteiger partial charge on any atom is 0.270 e. The van der Waals surface area contributed by atoms with Crippen LogP contribution in [0.5, 0.6) is 0 Å². The molecule has 0 bridgehead atoms. The van der Waals surface area contributed by atoms with E-state index in [1.165, 1.54) is 18.2 Å².